The maximum Gasteiger partial charge on any atom is 0.243 e. The van der Waals surface area contributed by atoms with Crippen LogP contribution in [0.2, 0.25) is 0 Å². The Hall–Kier alpha value is -3.26. The van der Waals surface area contributed by atoms with Crippen LogP contribution in [0.4, 0.5) is 0 Å². The molecule has 34 heavy (non-hydrogen) atoms. The summed E-state index contributed by atoms with van der Waals surface area (Å²) in [5.41, 5.74) is 6.53. The predicted octanol–water partition coefficient (Wildman–Crippen LogP) is 1.87. The van der Waals surface area contributed by atoms with Crippen LogP contribution in [0.5, 0.6) is 0 Å². The first-order chi connectivity index (χ1) is 16.3. The van der Waals surface area contributed by atoms with Crippen molar-refractivity contribution >= 4 is 22.6 Å². The zero-order chi connectivity index (χ0) is 24.6. The zero-order valence-corrected chi connectivity index (χ0v) is 19.8. The van der Waals surface area contributed by atoms with Gasteiger partial charge in [-0.25, -0.2) is 0 Å². The van der Waals surface area contributed by atoms with Gasteiger partial charge < -0.3 is 21.5 Å². The number of amides is 2. The van der Waals surface area contributed by atoms with E-state index in [4.69, 9.17) is 5.73 Å². The van der Waals surface area contributed by atoms with Crippen molar-refractivity contribution in [3.63, 3.8) is 0 Å². The van der Waals surface area contributed by atoms with Crippen LogP contribution in [0.3, 0.4) is 0 Å². The van der Waals surface area contributed by atoms with Gasteiger partial charge in [0.25, 0.3) is 0 Å². The number of benzene rings is 3. The predicted molar refractivity (Wildman–Crippen MR) is 135 cm³/mol. The van der Waals surface area contributed by atoms with Crippen LogP contribution in [0.15, 0.2) is 72.8 Å². The first-order valence-corrected chi connectivity index (χ1v) is 11.5. The monoisotopic (exact) mass is 462 g/mol. The molecule has 0 aliphatic heterocycles. The summed E-state index contributed by atoms with van der Waals surface area (Å²) in [5, 5.41) is 20.8. The van der Waals surface area contributed by atoms with Crippen molar-refractivity contribution in [2.24, 2.45) is 5.73 Å². The molecule has 1 unspecified atom stereocenters. The summed E-state index contributed by atoms with van der Waals surface area (Å²) in [5.74, 6) is -0.656. The number of carbonyl (C=O) groups excluding carboxylic acids is 2. The summed E-state index contributed by atoms with van der Waals surface area (Å²) >= 11 is 0. The van der Waals surface area contributed by atoms with Gasteiger partial charge in [0.15, 0.2) is 0 Å². The van der Waals surface area contributed by atoms with E-state index < -0.39 is 17.7 Å². The van der Waals surface area contributed by atoms with Crippen LogP contribution in [0, 0.1) is 0 Å². The van der Waals surface area contributed by atoms with Crippen molar-refractivity contribution in [2.45, 2.75) is 44.5 Å². The molecule has 2 atom stereocenters. The summed E-state index contributed by atoms with van der Waals surface area (Å²) in [7, 11) is 0. The third kappa shape index (κ3) is 7.12. The van der Waals surface area contributed by atoms with Gasteiger partial charge in [-0.05, 0) is 35.7 Å². The van der Waals surface area contributed by atoms with E-state index in [9.17, 15) is 14.7 Å². The Morgan fingerprint density at radius 3 is 2.32 bits per heavy atom. The minimum Gasteiger partial charge on any atom is -0.390 e. The SMILES string of the molecule is CC(C)(NCc1ccccc1)C(=O)N[C@H](Cc1ccc2ccccc2c1)C(=O)NCC(O)CN. The molecule has 0 bridgehead atoms. The van der Waals surface area contributed by atoms with Crippen molar-refractivity contribution in [3.05, 3.63) is 83.9 Å². The van der Waals surface area contributed by atoms with Crippen molar-refractivity contribution in [1.82, 2.24) is 16.0 Å². The molecule has 0 saturated carbocycles. The fraction of sp³-hybridized carbons (Fsp3) is 0.333. The van der Waals surface area contributed by atoms with E-state index in [1.54, 1.807) is 13.8 Å². The lowest BCUT2D eigenvalue weighted by Crippen LogP contribution is -2.58. The number of nitrogens with one attached hydrogen (secondary N) is 3. The molecule has 3 aromatic carbocycles. The summed E-state index contributed by atoms with van der Waals surface area (Å²) < 4.78 is 0. The Morgan fingerprint density at radius 2 is 1.62 bits per heavy atom. The van der Waals surface area contributed by atoms with Crippen LogP contribution in [-0.4, -0.2) is 47.7 Å². The van der Waals surface area contributed by atoms with E-state index in [0.717, 1.165) is 21.9 Å². The minimum absolute atomic E-state index is 0.0229. The second-order valence-electron chi connectivity index (χ2n) is 9.01. The maximum atomic E-state index is 13.2. The van der Waals surface area contributed by atoms with Gasteiger partial charge in [0.05, 0.1) is 11.6 Å². The standard InChI is InChI=1S/C27H34N4O3/c1-27(2,30-17-19-8-4-3-5-9-19)26(34)31-24(25(33)29-18-23(32)16-28)15-20-12-13-21-10-6-7-11-22(21)14-20/h3-14,23-24,30,32H,15-18,28H2,1-2H3,(H,29,33)(H,31,34)/t23?,24-/m1/s1. The van der Waals surface area contributed by atoms with Gasteiger partial charge in [-0.2, -0.15) is 0 Å². The molecule has 6 N–H and O–H groups in total. The molecule has 0 aliphatic carbocycles. The molecule has 2 amide bonds. The lowest BCUT2D eigenvalue weighted by Gasteiger charge is -2.28. The topological polar surface area (TPSA) is 116 Å². The normalized spacial score (nSPS) is 13.3. The van der Waals surface area contributed by atoms with Gasteiger partial charge >= 0.3 is 0 Å². The molecule has 0 saturated heterocycles. The molecular weight excluding hydrogens is 428 g/mol. The smallest absolute Gasteiger partial charge is 0.243 e. The highest BCUT2D eigenvalue weighted by atomic mass is 16.3. The molecule has 0 fully saturated rings. The number of hydrogen-bond donors (Lipinski definition) is 5. The molecule has 3 rings (SSSR count). The lowest BCUT2D eigenvalue weighted by molar-refractivity contribution is -0.132. The number of hydrogen-bond acceptors (Lipinski definition) is 5. The Labute approximate surface area is 200 Å². The third-order valence-electron chi connectivity index (χ3n) is 5.80. The van der Waals surface area contributed by atoms with Crippen LogP contribution in [-0.2, 0) is 22.6 Å². The Kier molecular flexibility index (Phi) is 8.76. The molecule has 0 radical (unpaired) electrons. The second kappa shape index (κ2) is 11.7. The molecule has 0 aromatic heterocycles. The lowest BCUT2D eigenvalue weighted by atomic mass is 9.99. The highest BCUT2D eigenvalue weighted by Gasteiger charge is 2.31. The molecule has 180 valence electrons. The highest BCUT2D eigenvalue weighted by molar-refractivity contribution is 5.92. The van der Waals surface area contributed by atoms with E-state index in [1.807, 2.05) is 72.8 Å². The van der Waals surface area contributed by atoms with Crippen molar-refractivity contribution in [2.75, 3.05) is 13.1 Å². The van der Waals surface area contributed by atoms with Gasteiger partial charge in [0, 0.05) is 26.1 Å². The van der Waals surface area contributed by atoms with Gasteiger partial charge in [-0.1, -0.05) is 72.8 Å². The van der Waals surface area contributed by atoms with Gasteiger partial charge in [-0.15, -0.1) is 0 Å². The van der Waals surface area contributed by atoms with Crippen LogP contribution >= 0.6 is 0 Å². The van der Waals surface area contributed by atoms with Crippen molar-refractivity contribution in [1.29, 1.82) is 0 Å². The highest BCUT2D eigenvalue weighted by Crippen LogP contribution is 2.17. The molecule has 0 spiro atoms. The van der Waals surface area contributed by atoms with E-state index in [0.29, 0.717) is 13.0 Å². The quantitative estimate of drug-likeness (QED) is 0.298. The van der Waals surface area contributed by atoms with Gasteiger partial charge in [0.2, 0.25) is 11.8 Å². The average Bonchev–Trinajstić information content (AvgIpc) is 2.85. The molecule has 7 nitrogen and oxygen atoms in total. The van der Waals surface area contributed by atoms with Crippen molar-refractivity contribution in [3.8, 4) is 0 Å². The summed E-state index contributed by atoms with van der Waals surface area (Å²) in [6.45, 7) is 4.15. The molecular formula is C27H34N4O3. The molecule has 3 aromatic rings. The molecule has 0 aliphatic rings. The zero-order valence-electron chi connectivity index (χ0n) is 19.8. The Balaban J connectivity index is 1.73. The van der Waals surface area contributed by atoms with E-state index in [2.05, 4.69) is 16.0 Å². The van der Waals surface area contributed by atoms with Crippen molar-refractivity contribution < 1.29 is 14.7 Å². The van der Waals surface area contributed by atoms with Gasteiger partial charge in [-0.3, -0.25) is 14.9 Å². The maximum absolute atomic E-state index is 13.2. The third-order valence-corrected chi connectivity index (χ3v) is 5.80. The summed E-state index contributed by atoms with van der Waals surface area (Å²) in [6.07, 6.45) is -0.527. The first-order valence-electron chi connectivity index (χ1n) is 11.5. The average molecular weight is 463 g/mol. The number of nitrogens with two attached hydrogens (primary N) is 1. The van der Waals surface area contributed by atoms with Crippen LogP contribution < -0.4 is 21.7 Å². The molecule has 0 heterocycles. The Bertz CT molecular complexity index is 1100. The van der Waals surface area contributed by atoms with E-state index in [1.165, 1.54) is 0 Å². The fourth-order valence-electron chi connectivity index (χ4n) is 3.57. The van der Waals surface area contributed by atoms with E-state index in [-0.39, 0.29) is 24.9 Å². The largest absolute Gasteiger partial charge is 0.390 e. The number of carbonyl (C=O) groups is 2. The van der Waals surface area contributed by atoms with Crippen LogP contribution in [0.25, 0.3) is 10.8 Å². The Morgan fingerprint density at radius 1 is 0.941 bits per heavy atom. The van der Waals surface area contributed by atoms with E-state index >= 15 is 0 Å². The number of aliphatic hydroxyl groups excluding tert-OH is 1. The van der Waals surface area contributed by atoms with Gasteiger partial charge in [0.1, 0.15) is 6.04 Å². The minimum atomic E-state index is -0.908. The number of aliphatic hydroxyl groups is 1. The first kappa shape index (κ1) is 25.4. The second-order valence-corrected chi connectivity index (χ2v) is 9.01. The summed E-state index contributed by atoms with van der Waals surface area (Å²) in [6, 6.07) is 23.0. The number of rotatable bonds is 11. The summed E-state index contributed by atoms with van der Waals surface area (Å²) in [4.78, 5) is 26.1. The number of fused-ring (bicyclic) bond motifs is 1. The van der Waals surface area contributed by atoms with Crippen LogP contribution in [0.1, 0.15) is 25.0 Å². The molecule has 7 heteroatoms. The fourth-order valence-corrected chi connectivity index (χ4v) is 3.57.